The van der Waals surface area contributed by atoms with Crippen LogP contribution in [0.1, 0.15) is 40.0 Å². The quantitative estimate of drug-likeness (QED) is 0.772. The summed E-state index contributed by atoms with van der Waals surface area (Å²) in [5.41, 5.74) is 0. The first-order valence-electron chi connectivity index (χ1n) is 6.01. The van der Waals surface area contributed by atoms with Crippen LogP contribution in [0.25, 0.3) is 0 Å². The molecular weight excluding hydrogens is 202 g/mol. The third kappa shape index (κ3) is 4.04. The van der Waals surface area contributed by atoms with E-state index in [-0.39, 0.29) is 0 Å². The molecule has 0 unspecified atom stereocenters. The number of hydrogen-bond donors (Lipinski definition) is 1. The number of hydrogen-bond acceptors (Lipinski definition) is 4. The SMILES string of the molecule is CCCOc1cc(NC(CC)CC)ncn1. The number of nitrogens with zero attached hydrogens (tertiary/aromatic N) is 2. The van der Waals surface area contributed by atoms with Crippen LogP contribution >= 0.6 is 0 Å². The predicted molar refractivity (Wildman–Crippen MR) is 65.8 cm³/mol. The minimum Gasteiger partial charge on any atom is -0.478 e. The average molecular weight is 223 g/mol. The molecule has 1 aromatic rings. The Hall–Kier alpha value is -1.32. The molecule has 0 aliphatic heterocycles. The van der Waals surface area contributed by atoms with Crippen LogP contribution in [0.5, 0.6) is 5.88 Å². The molecule has 0 aliphatic carbocycles. The van der Waals surface area contributed by atoms with Crippen molar-refractivity contribution in [2.24, 2.45) is 0 Å². The molecule has 90 valence electrons. The first kappa shape index (κ1) is 12.7. The fourth-order valence-corrected chi connectivity index (χ4v) is 1.41. The van der Waals surface area contributed by atoms with E-state index in [4.69, 9.17) is 4.74 Å². The fourth-order valence-electron chi connectivity index (χ4n) is 1.41. The average Bonchev–Trinajstić information content (AvgIpc) is 2.34. The van der Waals surface area contributed by atoms with Crippen LogP contribution in [0.15, 0.2) is 12.4 Å². The first-order chi connectivity index (χ1) is 7.80. The molecule has 0 saturated carbocycles. The molecule has 1 rings (SSSR count). The molecule has 0 radical (unpaired) electrons. The molecule has 0 spiro atoms. The predicted octanol–water partition coefficient (Wildman–Crippen LogP) is 2.87. The Balaban J connectivity index is 2.59. The highest BCUT2D eigenvalue weighted by atomic mass is 16.5. The van der Waals surface area contributed by atoms with E-state index >= 15 is 0 Å². The lowest BCUT2D eigenvalue weighted by Gasteiger charge is -2.15. The molecular formula is C12H21N3O. The van der Waals surface area contributed by atoms with Crippen LogP contribution in [0, 0.1) is 0 Å². The van der Waals surface area contributed by atoms with Crippen LogP contribution in [0.2, 0.25) is 0 Å². The monoisotopic (exact) mass is 223 g/mol. The number of aromatic nitrogens is 2. The van der Waals surface area contributed by atoms with Gasteiger partial charge >= 0.3 is 0 Å². The zero-order valence-electron chi connectivity index (χ0n) is 10.4. The lowest BCUT2D eigenvalue weighted by molar-refractivity contribution is 0.305. The molecule has 1 aromatic heterocycles. The van der Waals surface area contributed by atoms with Gasteiger partial charge in [0.1, 0.15) is 12.1 Å². The van der Waals surface area contributed by atoms with Crippen LogP contribution in [0.4, 0.5) is 5.82 Å². The summed E-state index contributed by atoms with van der Waals surface area (Å²) >= 11 is 0. The van der Waals surface area contributed by atoms with E-state index in [9.17, 15) is 0 Å². The van der Waals surface area contributed by atoms with Gasteiger partial charge in [-0.15, -0.1) is 0 Å². The Morgan fingerprint density at radius 2 is 2.00 bits per heavy atom. The molecule has 4 heteroatoms. The number of nitrogens with one attached hydrogen (secondary N) is 1. The molecule has 0 bridgehead atoms. The lowest BCUT2D eigenvalue weighted by Crippen LogP contribution is -2.17. The second-order valence-corrected chi connectivity index (χ2v) is 3.75. The maximum atomic E-state index is 5.45. The summed E-state index contributed by atoms with van der Waals surface area (Å²) in [6.45, 7) is 7.10. The van der Waals surface area contributed by atoms with Crippen molar-refractivity contribution in [3.63, 3.8) is 0 Å². The standard InChI is InChI=1S/C12H21N3O/c1-4-7-16-12-8-11(13-9-14-12)15-10(5-2)6-3/h8-10H,4-7H2,1-3H3,(H,13,14,15). The van der Waals surface area contributed by atoms with Gasteiger partial charge in [-0.25, -0.2) is 9.97 Å². The van der Waals surface area contributed by atoms with Gasteiger partial charge in [-0.3, -0.25) is 0 Å². The second kappa shape index (κ2) is 7.04. The zero-order valence-corrected chi connectivity index (χ0v) is 10.4. The Kier molecular flexibility index (Phi) is 5.61. The highest BCUT2D eigenvalue weighted by Crippen LogP contribution is 2.13. The minimum absolute atomic E-state index is 0.467. The Morgan fingerprint density at radius 3 is 2.62 bits per heavy atom. The maximum Gasteiger partial charge on any atom is 0.218 e. The molecule has 0 amide bonds. The summed E-state index contributed by atoms with van der Waals surface area (Å²) in [5.74, 6) is 1.49. The second-order valence-electron chi connectivity index (χ2n) is 3.75. The third-order valence-corrected chi connectivity index (χ3v) is 2.43. The lowest BCUT2D eigenvalue weighted by atomic mass is 10.2. The van der Waals surface area contributed by atoms with Crippen molar-refractivity contribution in [1.82, 2.24) is 9.97 Å². The summed E-state index contributed by atoms with van der Waals surface area (Å²) in [6.07, 6.45) is 4.70. The van der Waals surface area contributed by atoms with Gasteiger partial charge in [0.05, 0.1) is 6.61 Å². The van der Waals surface area contributed by atoms with Crippen LogP contribution in [-0.2, 0) is 0 Å². The Morgan fingerprint density at radius 1 is 1.25 bits per heavy atom. The molecule has 0 atom stereocenters. The summed E-state index contributed by atoms with van der Waals surface area (Å²) < 4.78 is 5.45. The van der Waals surface area contributed by atoms with Crippen molar-refractivity contribution in [2.75, 3.05) is 11.9 Å². The van der Waals surface area contributed by atoms with Crippen LogP contribution in [0.3, 0.4) is 0 Å². The van der Waals surface area contributed by atoms with Gasteiger partial charge in [-0.05, 0) is 19.3 Å². The number of ether oxygens (including phenoxy) is 1. The summed E-state index contributed by atoms with van der Waals surface area (Å²) in [6, 6.07) is 2.32. The maximum absolute atomic E-state index is 5.45. The van der Waals surface area contributed by atoms with Gasteiger partial charge < -0.3 is 10.1 Å². The van der Waals surface area contributed by atoms with Gasteiger partial charge in [0.25, 0.3) is 0 Å². The van der Waals surface area contributed by atoms with Crippen molar-refractivity contribution < 1.29 is 4.74 Å². The van der Waals surface area contributed by atoms with E-state index in [1.54, 1.807) is 0 Å². The van der Waals surface area contributed by atoms with E-state index in [0.717, 1.165) is 25.1 Å². The first-order valence-corrected chi connectivity index (χ1v) is 6.01. The van der Waals surface area contributed by atoms with E-state index in [1.165, 1.54) is 6.33 Å². The van der Waals surface area contributed by atoms with Crippen LogP contribution in [-0.4, -0.2) is 22.6 Å². The van der Waals surface area contributed by atoms with Crippen molar-refractivity contribution in [3.8, 4) is 5.88 Å². The van der Waals surface area contributed by atoms with Crippen molar-refractivity contribution >= 4 is 5.82 Å². The summed E-state index contributed by atoms with van der Waals surface area (Å²) in [5, 5.41) is 3.36. The third-order valence-electron chi connectivity index (χ3n) is 2.43. The largest absolute Gasteiger partial charge is 0.478 e. The minimum atomic E-state index is 0.467. The normalized spacial score (nSPS) is 10.5. The zero-order chi connectivity index (χ0) is 11.8. The molecule has 0 aliphatic rings. The smallest absolute Gasteiger partial charge is 0.218 e. The van der Waals surface area contributed by atoms with Gasteiger partial charge in [-0.1, -0.05) is 20.8 Å². The van der Waals surface area contributed by atoms with E-state index in [1.807, 2.05) is 6.07 Å². The molecule has 0 saturated heterocycles. The fraction of sp³-hybridized carbons (Fsp3) is 0.667. The summed E-state index contributed by atoms with van der Waals surface area (Å²) in [7, 11) is 0. The number of rotatable bonds is 7. The molecule has 1 heterocycles. The molecule has 1 N–H and O–H groups in total. The van der Waals surface area contributed by atoms with Gasteiger partial charge in [0, 0.05) is 12.1 Å². The highest BCUT2D eigenvalue weighted by molar-refractivity contribution is 5.37. The van der Waals surface area contributed by atoms with E-state index in [0.29, 0.717) is 18.5 Å². The molecule has 16 heavy (non-hydrogen) atoms. The van der Waals surface area contributed by atoms with Gasteiger partial charge in [0.2, 0.25) is 5.88 Å². The summed E-state index contributed by atoms with van der Waals surface area (Å²) in [4.78, 5) is 8.24. The topological polar surface area (TPSA) is 47.0 Å². The number of anilines is 1. The van der Waals surface area contributed by atoms with Crippen molar-refractivity contribution in [1.29, 1.82) is 0 Å². The molecule has 4 nitrogen and oxygen atoms in total. The van der Waals surface area contributed by atoms with E-state index < -0.39 is 0 Å². The molecule has 0 fully saturated rings. The Labute approximate surface area is 97.5 Å². The Bertz CT molecular complexity index is 300. The van der Waals surface area contributed by atoms with Gasteiger partial charge in [0.15, 0.2) is 0 Å². The highest BCUT2D eigenvalue weighted by Gasteiger charge is 2.05. The van der Waals surface area contributed by atoms with Crippen molar-refractivity contribution in [2.45, 2.75) is 46.1 Å². The van der Waals surface area contributed by atoms with Gasteiger partial charge in [-0.2, -0.15) is 0 Å². The van der Waals surface area contributed by atoms with E-state index in [2.05, 4.69) is 36.1 Å². The molecule has 0 aromatic carbocycles. The van der Waals surface area contributed by atoms with Crippen LogP contribution < -0.4 is 10.1 Å². The van der Waals surface area contributed by atoms with Crippen molar-refractivity contribution in [3.05, 3.63) is 12.4 Å².